The van der Waals surface area contributed by atoms with Crippen LogP contribution in [-0.4, -0.2) is 16.1 Å². The summed E-state index contributed by atoms with van der Waals surface area (Å²) in [6.07, 6.45) is 7.28. The first-order chi connectivity index (χ1) is 13.6. The predicted octanol–water partition coefficient (Wildman–Crippen LogP) is 5.78. The van der Waals surface area contributed by atoms with Crippen molar-refractivity contribution in [2.75, 3.05) is 5.32 Å². The molecule has 0 bridgehead atoms. The van der Waals surface area contributed by atoms with Gasteiger partial charge < -0.3 is 5.32 Å². The summed E-state index contributed by atoms with van der Waals surface area (Å²) in [5, 5.41) is 13.3. The summed E-state index contributed by atoms with van der Waals surface area (Å²) in [6, 6.07) is 11.4. The lowest BCUT2D eigenvalue weighted by molar-refractivity contribution is -0.115. The number of fused-ring (bicyclic) bond motifs is 1. The summed E-state index contributed by atoms with van der Waals surface area (Å²) in [7, 11) is 0. The highest BCUT2D eigenvalue weighted by Gasteiger charge is 2.22. The zero-order valence-electron chi connectivity index (χ0n) is 16.0. The molecule has 0 radical (unpaired) electrons. The van der Waals surface area contributed by atoms with E-state index in [1.165, 1.54) is 30.2 Å². The van der Waals surface area contributed by atoms with Crippen molar-refractivity contribution < 1.29 is 4.79 Å². The van der Waals surface area contributed by atoms with Gasteiger partial charge in [0.15, 0.2) is 0 Å². The molecule has 6 heteroatoms. The molecular weight excluding hydrogens is 390 g/mol. The van der Waals surface area contributed by atoms with Crippen LogP contribution in [0.4, 0.5) is 5.69 Å². The van der Waals surface area contributed by atoms with Crippen molar-refractivity contribution in [3.05, 3.63) is 52.2 Å². The summed E-state index contributed by atoms with van der Waals surface area (Å²) in [4.78, 5) is 17.6. The van der Waals surface area contributed by atoms with E-state index in [4.69, 9.17) is 16.6 Å². The Bertz CT molecular complexity index is 894. The van der Waals surface area contributed by atoms with Crippen LogP contribution in [0.5, 0.6) is 0 Å². The number of para-hydroxylation sites is 1. The number of thioether (sulfide) groups is 1. The molecule has 0 spiro atoms. The highest BCUT2D eigenvalue weighted by Crippen LogP contribution is 2.31. The third-order valence-corrected chi connectivity index (χ3v) is 6.63. The standard InChI is InChI=1S/C22H24ClN3OS/c1-2-20(21(27)25-19-12-8-7-10-17(19)23)28-22-16(14-24)13-15-9-5-3-4-6-11-18(15)26-22/h7-8,10,12-13,20H,2-6,9,11H2,1H3,(H,25,27). The average Bonchev–Trinajstić information content (AvgIpc) is 2.68. The van der Waals surface area contributed by atoms with Crippen LogP contribution in [0.25, 0.3) is 0 Å². The molecule has 1 aliphatic carbocycles. The number of rotatable bonds is 5. The van der Waals surface area contributed by atoms with E-state index < -0.39 is 0 Å². The van der Waals surface area contributed by atoms with Crippen LogP contribution in [-0.2, 0) is 17.6 Å². The van der Waals surface area contributed by atoms with Gasteiger partial charge in [0.25, 0.3) is 0 Å². The average molecular weight is 414 g/mol. The Morgan fingerprint density at radius 3 is 2.75 bits per heavy atom. The summed E-state index contributed by atoms with van der Waals surface area (Å²) in [5.74, 6) is -0.127. The SMILES string of the molecule is CCC(Sc1nc2c(cc1C#N)CCCCCC2)C(=O)Nc1ccccc1Cl. The van der Waals surface area contributed by atoms with Gasteiger partial charge in [0, 0.05) is 5.69 Å². The van der Waals surface area contributed by atoms with Gasteiger partial charge in [-0.15, -0.1) is 0 Å². The Kier molecular flexibility index (Phi) is 7.36. The molecule has 1 aromatic heterocycles. The number of amides is 1. The number of hydrogen-bond donors (Lipinski definition) is 1. The number of benzene rings is 1. The first-order valence-electron chi connectivity index (χ1n) is 9.77. The Labute approximate surface area is 175 Å². The minimum atomic E-state index is -0.345. The number of anilines is 1. The normalized spacial score (nSPS) is 14.9. The quantitative estimate of drug-likeness (QED) is 0.631. The van der Waals surface area contributed by atoms with Crippen LogP contribution in [0.2, 0.25) is 5.02 Å². The van der Waals surface area contributed by atoms with E-state index in [0.717, 1.165) is 31.4 Å². The van der Waals surface area contributed by atoms with Gasteiger partial charge in [-0.25, -0.2) is 4.98 Å². The maximum atomic E-state index is 12.8. The molecule has 0 saturated carbocycles. The number of hydrogen-bond acceptors (Lipinski definition) is 4. The van der Waals surface area contributed by atoms with E-state index in [-0.39, 0.29) is 11.2 Å². The Morgan fingerprint density at radius 2 is 2.04 bits per heavy atom. The molecule has 1 unspecified atom stereocenters. The van der Waals surface area contributed by atoms with Crippen LogP contribution in [0.3, 0.4) is 0 Å². The lowest BCUT2D eigenvalue weighted by Crippen LogP contribution is -2.25. The highest BCUT2D eigenvalue weighted by molar-refractivity contribution is 8.00. The molecule has 1 N–H and O–H groups in total. The number of nitriles is 1. The number of nitrogens with one attached hydrogen (secondary N) is 1. The minimum absolute atomic E-state index is 0.127. The summed E-state index contributed by atoms with van der Waals surface area (Å²) >= 11 is 7.52. The number of halogens is 1. The maximum absolute atomic E-state index is 12.8. The largest absolute Gasteiger partial charge is 0.324 e. The molecule has 1 atom stereocenters. The van der Waals surface area contributed by atoms with Crippen LogP contribution < -0.4 is 5.32 Å². The zero-order valence-corrected chi connectivity index (χ0v) is 17.6. The fraction of sp³-hybridized carbons (Fsp3) is 0.409. The van der Waals surface area contributed by atoms with Gasteiger partial charge >= 0.3 is 0 Å². The lowest BCUT2D eigenvalue weighted by atomic mass is 9.96. The molecule has 0 aliphatic heterocycles. The number of carbonyl (C=O) groups is 1. The van der Waals surface area contributed by atoms with Gasteiger partial charge in [0.2, 0.25) is 5.91 Å². The fourth-order valence-electron chi connectivity index (χ4n) is 3.37. The van der Waals surface area contributed by atoms with Crippen LogP contribution in [0.1, 0.15) is 55.8 Å². The molecule has 1 aliphatic rings. The van der Waals surface area contributed by atoms with Crippen molar-refractivity contribution in [1.82, 2.24) is 4.98 Å². The third-order valence-electron chi connectivity index (χ3n) is 4.94. The van der Waals surface area contributed by atoms with Crippen LogP contribution in [0.15, 0.2) is 35.4 Å². The van der Waals surface area contributed by atoms with Crippen molar-refractivity contribution in [3.8, 4) is 6.07 Å². The van der Waals surface area contributed by atoms with Crippen molar-refractivity contribution >= 4 is 35.0 Å². The van der Waals surface area contributed by atoms with E-state index in [1.54, 1.807) is 12.1 Å². The fourth-order valence-corrected chi connectivity index (χ4v) is 4.55. The molecule has 4 nitrogen and oxygen atoms in total. The van der Waals surface area contributed by atoms with Gasteiger partial charge in [-0.05, 0) is 55.9 Å². The van der Waals surface area contributed by atoms with Crippen LogP contribution >= 0.6 is 23.4 Å². The van der Waals surface area contributed by atoms with E-state index in [1.807, 2.05) is 25.1 Å². The summed E-state index contributed by atoms with van der Waals surface area (Å²) in [5.41, 5.74) is 3.44. The molecular formula is C22H24ClN3OS. The first kappa shape index (κ1) is 20.7. The molecule has 3 rings (SSSR count). The predicted molar refractivity (Wildman–Crippen MR) is 115 cm³/mol. The van der Waals surface area contributed by atoms with E-state index >= 15 is 0 Å². The van der Waals surface area contributed by atoms with Gasteiger partial charge in [-0.2, -0.15) is 5.26 Å². The summed E-state index contributed by atoms with van der Waals surface area (Å²) < 4.78 is 0. The molecule has 1 amide bonds. The zero-order chi connectivity index (χ0) is 19.9. The van der Waals surface area contributed by atoms with Gasteiger partial charge in [0.1, 0.15) is 11.1 Å². The minimum Gasteiger partial charge on any atom is -0.324 e. The molecule has 146 valence electrons. The molecule has 0 fully saturated rings. The first-order valence-corrected chi connectivity index (χ1v) is 11.0. The third kappa shape index (κ3) is 5.06. The molecule has 1 aromatic carbocycles. The lowest BCUT2D eigenvalue weighted by Gasteiger charge is -2.18. The van der Waals surface area contributed by atoms with Gasteiger partial charge in [-0.3, -0.25) is 4.79 Å². The van der Waals surface area contributed by atoms with Gasteiger partial charge in [0.05, 0.1) is 21.5 Å². The summed E-state index contributed by atoms with van der Waals surface area (Å²) in [6.45, 7) is 1.96. The molecule has 0 saturated heterocycles. The smallest absolute Gasteiger partial charge is 0.237 e. The number of aromatic nitrogens is 1. The second-order valence-electron chi connectivity index (χ2n) is 6.96. The topological polar surface area (TPSA) is 65.8 Å². The Morgan fingerprint density at radius 1 is 1.29 bits per heavy atom. The van der Waals surface area contributed by atoms with Gasteiger partial charge in [-0.1, -0.05) is 55.3 Å². The van der Waals surface area contributed by atoms with E-state index in [2.05, 4.69) is 11.4 Å². The Balaban J connectivity index is 1.81. The van der Waals surface area contributed by atoms with E-state index in [0.29, 0.717) is 27.7 Å². The molecule has 2 aromatic rings. The van der Waals surface area contributed by atoms with Crippen molar-refractivity contribution in [2.24, 2.45) is 0 Å². The maximum Gasteiger partial charge on any atom is 0.237 e. The Hall–Kier alpha value is -2.03. The highest BCUT2D eigenvalue weighted by atomic mass is 35.5. The molecule has 1 heterocycles. The van der Waals surface area contributed by atoms with Crippen molar-refractivity contribution in [2.45, 2.75) is 62.1 Å². The second-order valence-corrected chi connectivity index (χ2v) is 8.56. The van der Waals surface area contributed by atoms with Crippen LogP contribution in [0, 0.1) is 11.3 Å². The molecule has 28 heavy (non-hydrogen) atoms. The number of nitrogens with zero attached hydrogens (tertiary/aromatic N) is 2. The number of carbonyl (C=O) groups excluding carboxylic acids is 1. The van der Waals surface area contributed by atoms with Crippen molar-refractivity contribution in [1.29, 1.82) is 5.26 Å². The second kappa shape index (κ2) is 9.95. The van der Waals surface area contributed by atoms with Crippen molar-refractivity contribution in [3.63, 3.8) is 0 Å². The van der Waals surface area contributed by atoms with E-state index in [9.17, 15) is 10.1 Å². The monoisotopic (exact) mass is 413 g/mol. The number of aryl methyl sites for hydroxylation is 2. The number of pyridine rings is 1.